The number of hydrogen-bond acceptors (Lipinski definition) is 6. The van der Waals surface area contributed by atoms with Crippen LogP contribution in [0, 0.1) is 13.8 Å². The predicted molar refractivity (Wildman–Crippen MR) is 122 cm³/mol. The lowest BCUT2D eigenvalue weighted by Gasteiger charge is -2.28. The molecule has 0 amide bonds. The van der Waals surface area contributed by atoms with E-state index in [1.807, 2.05) is 11.6 Å². The number of aromatic amines is 1. The first-order valence-electron chi connectivity index (χ1n) is 11.8. The van der Waals surface area contributed by atoms with E-state index in [9.17, 15) is 4.79 Å². The van der Waals surface area contributed by atoms with Crippen LogP contribution in [0.15, 0.2) is 23.0 Å². The Hall–Kier alpha value is -2.58. The molecule has 2 aromatic heterocycles. The first-order valence-corrected chi connectivity index (χ1v) is 11.8. The first kappa shape index (κ1) is 21.3. The van der Waals surface area contributed by atoms with Crippen LogP contribution in [0.1, 0.15) is 61.0 Å². The van der Waals surface area contributed by atoms with Crippen molar-refractivity contribution in [2.45, 2.75) is 84.2 Å². The zero-order valence-electron chi connectivity index (χ0n) is 19.0. The van der Waals surface area contributed by atoms with Crippen molar-refractivity contribution in [3.63, 3.8) is 0 Å². The summed E-state index contributed by atoms with van der Waals surface area (Å²) < 4.78 is 7.67. The Kier molecular flexibility index (Phi) is 6.06. The molecule has 1 saturated carbocycles. The number of H-pyrrole nitrogens is 1. The lowest BCUT2D eigenvalue weighted by Crippen LogP contribution is -2.35. The Morgan fingerprint density at radius 3 is 2.75 bits per heavy atom. The number of nitrogens with zero attached hydrogens (tertiary/aromatic N) is 5. The van der Waals surface area contributed by atoms with Gasteiger partial charge in [-0.05, 0) is 73.0 Å². The van der Waals surface area contributed by atoms with Crippen molar-refractivity contribution in [2.24, 2.45) is 0 Å². The summed E-state index contributed by atoms with van der Waals surface area (Å²) in [6.07, 6.45) is 7.10. The molecule has 3 heterocycles. The van der Waals surface area contributed by atoms with Gasteiger partial charge in [0, 0.05) is 24.8 Å². The highest BCUT2D eigenvalue weighted by Gasteiger charge is 2.26. The fraction of sp³-hybridized carbons (Fsp3) is 0.583. The molecule has 32 heavy (non-hydrogen) atoms. The summed E-state index contributed by atoms with van der Waals surface area (Å²) in [5.41, 5.74) is 4.02. The summed E-state index contributed by atoms with van der Waals surface area (Å²) in [4.78, 5) is 18.5. The van der Waals surface area contributed by atoms with Crippen molar-refractivity contribution in [2.75, 3.05) is 6.61 Å². The van der Waals surface area contributed by atoms with Crippen LogP contribution >= 0.6 is 0 Å². The van der Waals surface area contributed by atoms with E-state index in [-0.39, 0.29) is 11.7 Å². The highest BCUT2D eigenvalue weighted by molar-refractivity contribution is 5.82. The fourth-order valence-corrected chi connectivity index (χ4v) is 5.29. The van der Waals surface area contributed by atoms with E-state index >= 15 is 0 Å². The van der Waals surface area contributed by atoms with Crippen molar-refractivity contribution in [3.8, 4) is 0 Å². The lowest BCUT2D eigenvalue weighted by atomic mass is 10.0. The summed E-state index contributed by atoms with van der Waals surface area (Å²) >= 11 is 0. The summed E-state index contributed by atoms with van der Waals surface area (Å²) in [6.45, 7) is 6.87. The molecule has 1 aliphatic heterocycles. The Labute approximate surface area is 188 Å². The van der Waals surface area contributed by atoms with Crippen LogP contribution in [0.2, 0.25) is 0 Å². The molecule has 5 rings (SSSR count). The molecule has 8 nitrogen and oxygen atoms in total. The zero-order valence-corrected chi connectivity index (χ0v) is 19.0. The SMILES string of the molecule is Cc1cc(C)c2[nH]c(=O)c(CN(Cc3nnnn3CC3CCCO3)C3CCCC3)cc2c1. The van der Waals surface area contributed by atoms with Crippen LogP contribution in [0.3, 0.4) is 0 Å². The summed E-state index contributed by atoms with van der Waals surface area (Å²) in [7, 11) is 0. The fourth-order valence-electron chi connectivity index (χ4n) is 5.29. The molecule has 3 aromatic rings. The van der Waals surface area contributed by atoms with Gasteiger partial charge in [-0.3, -0.25) is 9.69 Å². The molecular weight excluding hydrogens is 404 g/mol. The summed E-state index contributed by atoms with van der Waals surface area (Å²) in [5.74, 6) is 0.844. The lowest BCUT2D eigenvalue weighted by molar-refractivity contribution is 0.0906. The van der Waals surface area contributed by atoms with Gasteiger partial charge in [-0.25, -0.2) is 4.68 Å². The molecule has 8 heteroatoms. The van der Waals surface area contributed by atoms with E-state index < -0.39 is 0 Å². The Bertz CT molecular complexity index is 1140. The predicted octanol–water partition coefficient (Wildman–Crippen LogP) is 3.26. The second-order valence-corrected chi connectivity index (χ2v) is 9.43. The minimum atomic E-state index is -0.00797. The van der Waals surface area contributed by atoms with Crippen molar-refractivity contribution in [3.05, 3.63) is 51.1 Å². The molecule has 1 unspecified atom stereocenters. The Morgan fingerprint density at radius 2 is 1.97 bits per heavy atom. The zero-order chi connectivity index (χ0) is 22.1. The number of pyridine rings is 1. The number of nitrogens with one attached hydrogen (secondary N) is 1. The summed E-state index contributed by atoms with van der Waals surface area (Å²) in [5, 5.41) is 13.6. The number of hydrogen-bond donors (Lipinski definition) is 1. The van der Waals surface area contributed by atoms with Crippen molar-refractivity contribution in [1.29, 1.82) is 0 Å². The van der Waals surface area contributed by atoms with Gasteiger partial charge in [0.2, 0.25) is 0 Å². The molecule has 1 N–H and O–H groups in total. The van der Waals surface area contributed by atoms with Gasteiger partial charge in [0.15, 0.2) is 5.82 Å². The van der Waals surface area contributed by atoms with E-state index in [0.717, 1.165) is 60.1 Å². The largest absolute Gasteiger partial charge is 0.376 e. The van der Waals surface area contributed by atoms with Gasteiger partial charge in [-0.1, -0.05) is 24.5 Å². The van der Waals surface area contributed by atoms with Gasteiger partial charge >= 0.3 is 0 Å². The number of aryl methyl sites for hydroxylation is 2. The highest BCUT2D eigenvalue weighted by Crippen LogP contribution is 2.27. The van der Waals surface area contributed by atoms with E-state index in [0.29, 0.717) is 25.7 Å². The molecule has 0 spiro atoms. The van der Waals surface area contributed by atoms with Crippen molar-refractivity contribution < 1.29 is 4.74 Å². The van der Waals surface area contributed by atoms with Crippen molar-refractivity contribution in [1.82, 2.24) is 30.1 Å². The maximum Gasteiger partial charge on any atom is 0.252 e. The van der Waals surface area contributed by atoms with Crippen LogP contribution in [0.4, 0.5) is 0 Å². The molecule has 1 aromatic carbocycles. The quantitative estimate of drug-likeness (QED) is 0.612. The standard InChI is InChI=1S/C24H32N6O2/c1-16-10-17(2)23-18(11-16)12-19(24(31)25-23)13-29(20-6-3-4-7-20)15-22-26-27-28-30(22)14-21-8-5-9-32-21/h10-12,20-21H,3-9,13-15H2,1-2H3,(H,25,31). The molecule has 1 atom stereocenters. The maximum atomic E-state index is 13.0. The summed E-state index contributed by atoms with van der Waals surface area (Å²) in [6, 6.07) is 6.75. The second-order valence-electron chi connectivity index (χ2n) is 9.43. The maximum absolute atomic E-state index is 13.0. The second kappa shape index (κ2) is 9.11. The number of benzene rings is 1. The average molecular weight is 437 g/mol. The monoisotopic (exact) mass is 436 g/mol. The minimum absolute atomic E-state index is 0.00797. The normalized spacial score (nSPS) is 19.5. The highest BCUT2D eigenvalue weighted by atomic mass is 16.5. The topological polar surface area (TPSA) is 88.9 Å². The van der Waals surface area contributed by atoms with Crippen LogP contribution < -0.4 is 5.56 Å². The minimum Gasteiger partial charge on any atom is -0.376 e. The molecule has 170 valence electrons. The third-order valence-corrected chi connectivity index (χ3v) is 6.94. The number of ether oxygens (including phenoxy) is 1. The van der Waals surface area contributed by atoms with E-state index in [1.54, 1.807) is 0 Å². The average Bonchev–Trinajstić information content (AvgIpc) is 3.53. The third kappa shape index (κ3) is 4.47. The molecule has 1 aliphatic carbocycles. The molecular formula is C24H32N6O2. The van der Waals surface area contributed by atoms with E-state index in [1.165, 1.54) is 18.4 Å². The first-order chi connectivity index (χ1) is 15.6. The molecule has 2 fully saturated rings. The van der Waals surface area contributed by atoms with Gasteiger partial charge in [-0.15, -0.1) is 5.10 Å². The Morgan fingerprint density at radius 1 is 1.12 bits per heavy atom. The van der Waals surface area contributed by atoms with Gasteiger partial charge in [0.25, 0.3) is 5.56 Å². The third-order valence-electron chi connectivity index (χ3n) is 6.94. The van der Waals surface area contributed by atoms with Crippen LogP contribution in [-0.2, 0) is 24.4 Å². The van der Waals surface area contributed by atoms with Gasteiger partial charge in [-0.2, -0.15) is 0 Å². The number of tetrazole rings is 1. The number of rotatable bonds is 7. The smallest absolute Gasteiger partial charge is 0.252 e. The van der Waals surface area contributed by atoms with Crippen molar-refractivity contribution >= 4 is 10.9 Å². The van der Waals surface area contributed by atoms with Crippen LogP contribution in [0.25, 0.3) is 10.9 Å². The molecule has 0 bridgehead atoms. The number of fused-ring (bicyclic) bond motifs is 1. The molecule has 1 saturated heterocycles. The van der Waals surface area contributed by atoms with E-state index in [2.05, 4.69) is 50.5 Å². The van der Waals surface area contributed by atoms with E-state index in [4.69, 9.17) is 4.74 Å². The number of aromatic nitrogens is 5. The molecule has 0 radical (unpaired) electrons. The Balaban J connectivity index is 1.42. The van der Waals surface area contributed by atoms with Crippen LogP contribution in [-0.4, -0.2) is 48.8 Å². The van der Waals surface area contributed by atoms with Gasteiger partial charge < -0.3 is 9.72 Å². The molecule has 2 aliphatic rings. The van der Waals surface area contributed by atoms with Crippen LogP contribution in [0.5, 0.6) is 0 Å². The van der Waals surface area contributed by atoms with Gasteiger partial charge in [0.1, 0.15) is 0 Å². The van der Waals surface area contributed by atoms with Gasteiger partial charge in [0.05, 0.1) is 24.7 Å².